The first-order valence-corrected chi connectivity index (χ1v) is 11.3. The zero-order valence-corrected chi connectivity index (χ0v) is 19.9. The molecule has 0 bridgehead atoms. The van der Waals surface area contributed by atoms with Gasteiger partial charge in [0.2, 0.25) is 0 Å². The molecule has 162 valence electrons. The van der Waals surface area contributed by atoms with Gasteiger partial charge in [-0.15, -0.1) is 17.0 Å². The van der Waals surface area contributed by atoms with Crippen LogP contribution in [-0.2, 0) is 6.54 Å². The Bertz CT molecular complexity index is 450. The van der Waals surface area contributed by atoms with Crippen molar-refractivity contribution in [3.63, 3.8) is 0 Å². The number of benzene rings is 1. The smallest absolute Gasteiger partial charge is 0.0851 e. The lowest BCUT2D eigenvalue weighted by Crippen LogP contribution is -2.20. The van der Waals surface area contributed by atoms with Crippen LogP contribution in [0.3, 0.4) is 0 Å². The van der Waals surface area contributed by atoms with Crippen LogP contribution in [-0.4, -0.2) is 30.9 Å². The molecule has 3 nitrogen and oxygen atoms in total. The fraction of sp³-hybridized carbons (Fsp3) is 0.708. The highest BCUT2D eigenvalue weighted by Gasteiger charge is 2.03. The van der Waals surface area contributed by atoms with E-state index in [0.717, 1.165) is 13.1 Å². The van der Waals surface area contributed by atoms with Gasteiger partial charge in [0.1, 0.15) is 0 Å². The van der Waals surface area contributed by atoms with Crippen LogP contribution in [0.1, 0.15) is 89.5 Å². The number of halogens is 1. The Labute approximate surface area is 185 Å². The quantitative estimate of drug-likeness (QED) is 0.316. The Hall–Kier alpha value is -0.870. The molecule has 0 radical (unpaired) electrons. The average Bonchev–Trinajstić information content (AvgIpc) is 3.23. The second-order valence-corrected chi connectivity index (χ2v) is 7.64. The third-order valence-electron chi connectivity index (χ3n) is 5.14. The highest BCUT2D eigenvalue weighted by atomic mass is 79.9. The lowest BCUT2D eigenvalue weighted by atomic mass is 10.1. The first-order valence-electron chi connectivity index (χ1n) is 11.3. The SMILES string of the molecule is Br.CCCCCCCCCCCCCCN1C=NCC1.NCc1ccccc1. The summed E-state index contributed by atoms with van der Waals surface area (Å²) >= 11 is 0. The molecule has 2 rings (SSSR count). The Balaban J connectivity index is 0.000000678. The topological polar surface area (TPSA) is 41.6 Å². The van der Waals surface area contributed by atoms with Crippen LogP contribution >= 0.6 is 17.0 Å². The third-order valence-corrected chi connectivity index (χ3v) is 5.14. The van der Waals surface area contributed by atoms with E-state index in [0.29, 0.717) is 6.54 Å². The minimum absolute atomic E-state index is 0. The molecule has 0 saturated heterocycles. The van der Waals surface area contributed by atoms with Crippen LogP contribution in [0.15, 0.2) is 35.3 Å². The molecule has 2 N–H and O–H groups in total. The third kappa shape index (κ3) is 16.1. The van der Waals surface area contributed by atoms with E-state index in [2.05, 4.69) is 16.8 Å². The standard InChI is InChI=1S/C17H34N2.C7H9N.BrH/c1-2-3-4-5-6-7-8-9-10-11-12-13-15-19-16-14-18-17-19;8-6-7-4-2-1-3-5-7;/h17H,2-16H2,1H3;1-5H,6,8H2;1H. The largest absolute Gasteiger partial charge is 0.361 e. The predicted octanol–water partition coefficient (Wildman–Crippen LogP) is 6.75. The molecule has 0 spiro atoms. The van der Waals surface area contributed by atoms with E-state index < -0.39 is 0 Å². The molecule has 0 amide bonds. The Morgan fingerprint density at radius 1 is 0.821 bits per heavy atom. The van der Waals surface area contributed by atoms with E-state index in [1.807, 2.05) is 36.7 Å². The molecular formula is C24H44BrN3. The maximum absolute atomic E-state index is 5.35. The van der Waals surface area contributed by atoms with Crippen molar-refractivity contribution in [2.24, 2.45) is 10.7 Å². The molecule has 0 saturated carbocycles. The minimum Gasteiger partial charge on any atom is -0.361 e. The van der Waals surface area contributed by atoms with E-state index in [4.69, 9.17) is 5.73 Å². The van der Waals surface area contributed by atoms with Crippen LogP contribution in [0.4, 0.5) is 0 Å². The normalized spacial score (nSPS) is 12.4. The van der Waals surface area contributed by atoms with Crippen molar-refractivity contribution in [3.8, 4) is 0 Å². The van der Waals surface area contributed by atoms with Gasteiger partial charge in [-0.1, -0.05) is 108 Å². The number of aliphatic imine (C=N–C) groups is 1. The molecule has 0 unspecified atom stereocenters. The van der Waals surface area contributed by atoms with E-state index in [9.17, 15) is 0 Å². The summed E-state index contributed by atoms with van der Waals surface area (Å²) in [4.78, 5) is 6.60. The van der Waals surface area contributed by atoms with Crippen molar-refractivity contribution >= 4 is 23.3 Å². The molecule has 1 aliphatic rings. The van der Waals surface area contributed by atoms with Gasteiger partial charge in [-0.2, -0.15) is 0 Å². The first kappa shape index (κ1) is 27.1. The molecule has 0 fully saturated rings. The summed E-state index contributed by atoms with van der Waals surface area (Å²) in [5.41, 5.74) is 6.54. The lowest BCUT2D eigenvalue weighted by Gasteiger charge is -2.12. The van der Waals surface area contributed by atoms with Crippen molar-refractivity contribution in [3.05, 3.63) is 35.9 Å². The molecule has 28 heavy (non-hydrogen) atoms. The van der Waals surface area contributed by atoms with E-state index in [1.165, 1.54) is 89.2 Å². The summed E-state index contributed by atoms with van der Waals surface area (Å²) in [6.07, 6.45) is 19.2. The van der Waals surface area contributed by atoms with Gasteiger partial charge in [0, 0.05) is 19.6 Å². The van der Waals surface area contributed by atoms with Crippen LogP contribution in [0.5, 0.6) is 0 Å². The van der Waals surface area contributed by atoms with Crippen molar-refractivity contribution < 1.29 is 0 Å². The van der Waals surface area contributed by atoms with Crippen molar-refractivity contribution in [2.45, 2.75) is 90.5 Å². The maximum atomic E-state index is 5.35. The van der Waals surface area contributed by atoms with Crippen LogP contribution in [0.25, 0.3) is 0 Å². The number of hydrogen-bond acceptors (Lipinski definition) is 3. The summed E-state index contributed by atoms with van der Waals surface area (Å²) in [6, 6.07) is 9.99. The summed E-state index contributed by atoms with van der Waals surface area (Å²) in [6.45, 7) is 6.31. The molecule has 1 aromatic rings. The number of unbranched alkanes of at least 4 members (excludes halogenated alkanes) is 11. The molecule has 0 atom stereocenters. The number of hydrogen-bond donors (Lipinski definition) is 1. The molecule has 4 heteroatoms. The fourth-order valence-electron chi connectivity index (χ4n) is 3.36. The van der Waals surface area contributed by atoms with E-state index in [-0.39, 0.29) is 17.0 Å². The van der Waals surface area contributed by atoms with Gasteiger partial charge in [0.15, 0.2) is 0 Å². The Morgan fingerprint density at radius 3 is 1.79 bits per heavy atom. The molecule has 1 heterocycles. The van der Waals surface area contributed by atoms with Gasteiger partial charge in [-0.05, 0) is 12.0 Å². The van der Waals surface area contributed by atoms with Crippen molar-refractivity contribution in [2.75, 3.05) is 19.6 Å². The second kappa shape index (κ2) is 20.9. The van der Waals surface area contributed by atoms with Gasteiger partial charge in [-0.3, -0.25) is 4.99 Å². The number of nitrogens with zero attached hydrogens (tertiary/aromatic N) is 2. The zero-order chi connectivity index (χ0) is 19.4. The van der Waals surface area contributed by atoms with Gasteiger partial charge < -0.3 is 10.6 Å². The monoisotopic (exact) mass is 453 g/mol. The molecule has 1 aliphatic heterocycles. The van der Waals surface area contributed by atoms with Crippen LogP contribution in [0, 0.1) is 0 Å². The molecule has 0 aliphatic carbocycles. The zero-order valence-electron chi connectivity index (χ0n) is 18.2. The molecule has 0 aromatic heterocycles. The van der Waals surface area contributed by atoms with E-state index in [1.54, 1.807) is 0 Å². The van der Waals surface area contributed by atoms with Gasteiger partial charge in [0.05, 0.1) is 12.9 Å². The lowest BCUT2D eigenvalue weighted by molar-refractivity contribution is 0.438. The summed E-state index contributed by atoms with van der Waals surface area (Å²) in [5.74, 6) is 0. The Morgan fingerprint density at radius 2 is 1.36 bits per heavy atom. The fourth-order valence-corrected chi connectivity index (χ4v) is 3.36. The van der Waals surface area contributed by atoms with Crippen molar-refractivity contribution in [1.29, 1.82) is 0 Å². The van der Waals surface area contributed by atoms with Gasteiger partial charge in [0.25, 0.3) is 0 Å². The first-order chi connectivity index (χ1) is 13.4. The highest BCUT2D eigenvalue weighted by Crippen LogP contribution is 2.12. The summed E-state index contributed by atoms with van der Waals surface area (Å²) < 4.78 is 0. The second-order valence-electron chi connectivity index (χ2n) is 7.64. The Kier molecular flexibility index (Phi) is 20.2. The predicted molar refractivity (Wildman–Crippen MR) is 131 cm³/mol. The van der Waals surface area contributed by atoms with Gasteiger partial charge in [-0.25, -0.2) is 0 Å². The van der Waals surface area contributed by atoms with Crippen LogP contribution < -0.4 is 5.73 Å². The highest BCUT2D eigenvalue weighted by molar-refractivity contribution is 8.93. The van der Waals surface area contributed by atoms with Crippen LogP contribution in [0.2, 0.25) is 0 Å². The number of nitrogens with two attached hydrogens (primary N) is 1. The minimum atomic E-state index is 0. The van der Waals surface area contributed by atoms with Gasteiger partial charge >= 0.3 is 0 Å². The summed E-state index contributed by atoms with van der Waals surface area (Å²) in [5, 5.41) is 0. The maximum Gasteiger partial charge on any atom is 0.0851 e. The number of rotatable bonds is 14. The summed E-state index contributed by atoms with van der Waals surface area (Å²) in [7, 11) is 0. The van der Waals surface area contributed by atoms with E-state index >= 15 is 0 Å². The van der Waals surface area contributed by atoms with Crippen molar-refractivity contribution in [1.82, 2.24) is 4.90 Å². The molecule has 1 aromatic carbocycles. The molecular weight excluding hydrogens is 410 g/mol. The average molecular weight is 455 g/mol.